The highest BCUT2D eigenvalue weighted by Gasteiger charge is 2.53. The van der Waals surface area contributed by atoms with Crippen LogP contribution in [-0.2, 0) is 10.8 Å². The molecule has 1 heteroatoms. The molecule has 2 aliphatic carbocycles. The summed E-state index contributed by atoms with van der Waals surface area (Å²) in [4.78, 5) is 2.21. The first-order chi connectivity index (χ1) is 13.2. The van der Waals surface area contributed by atoms with E-state index in [0.29, 0.717) is 10.8 Å². The van der Waals surface area contributed by atoms with Gasteiger partial charge in [-0.2, -0.15) is 0 Å². The van der Waals surface area contributed by atoms with E-state index in [0.717, 1.165) is 0 Å². The van der Waals surface area contributed by atoms with Gasteiger partial charge in [-0.1, -0.05) is 81.0 Å². The molecule has 1 nitrogen and oxygen atoms in total. The maximum atomic E-state index is 2.46. The first-order valence-electron chi connectivity index (χ1n) is 11.0. The molecule has 2 fully saturated rings. The van der Waals surface area contributed by atoms with Crippen molar-refractivity contribution in [3.63, 3.8) is 0 Å². The van der Waals surface area contributed by atoms with Gasteiger partial charge in [-0.15, -0.1) is 0 Å². The van der Waals surface area contributed by atoms with Gasteiger partial charge in [-0.05, 0) is 48.9 Å². The number of anilines is 1. The van der Waals surface area contributed by atoms with E-state index < -0.39 is 0 Å². The van der Waals surface area contributed by atoms with Crippen LogP contribution in [0.3, 0.4) is 0 Å². The lowest BCUT2D eigenvalue weighted by atomic mass is 9.48. The van der Waals surface area contributed by atoms with Crippen LogP contribution in [0, 0.1) is 0 Å². The molecule has 2 aromatic carbocycles. The van der Waals surface area contributed by atoms with Crippen LogP contribution in [0.15, 0.2) is 54.6 Å². The van der Waals surface area contributed by atoms with Crippen LogP contribution in [0.2, 0.25) is 0 Å². The average Bonchev–Trinajstić information content (AvgIpc) is 2.75. The first-order valence-corrected chi connectivity index (χ1v) is 11.0. The van der Waals surface area contributed by atoms with Crippen molar-refractivity contribution >= 4 is 5.69 Å². The van der Waals surface area contributed by atoms with Gasteiger partial charge < -0.3 is 4.90 Å². The molecule has 0 spiro atoms. The molecule has 2 aromatic rings. The Bertz CT molecular complexity index is 717. The number of nitrogens with zero attached hydrogens (tertiary/aromatic N) is 1. The molecule has 0 heterocycles. The molecule has 0 N–H and O–H groups in total. The fourth-order valence-corrected chi connectivity index (χ4v) is 6.23. The summed E-state index contributed by atoms with van der Waals surface area (Å²) in [5, 5.41) is 0. The van der Waals surface area contributed by atoms with Crippen LogP contribution in [0.1, 0.15) is 75.3 Å². The molecule has 27 heavy (non-hydrogen) atoms. The third kappa shape index (κ3) is 3.20. The van der Waals surface area contributed by atoms with Gasteiger partial charge >= 0.3 is 0 Å². The van der Waals surface area contributed by atoms with Gasteiger partial charge in [0.2, 0.25) is 0 Å². The molecular formula is C26H35N. The molecule has 2 aliphatic rings. The lowest BCUT2D eigenvalue weighted by molar-refractivity contribution is 0.105. The van der Waals surface area contributed by atoms with Crippen molar-refractivity contribution in [1.29, 1.82) is 0 Å². The predicted molar refractivity (Wildman–Crippen MR) is 117 cm³/mol. The van der Waals surface area contributed by atoms with Gasteiger partial charge in [0, 0.05) is 30.6 Å². The van der Waals surface area contributed by atoms with Crippen LogP contribution in [0.5, 0.6) is 0 Å². The maximum absolute atomic E-state index is 2.46. The van der Waals surface area contributed by atoms with E-state index in [1.165, 1.54) is 69.9 Å². The van der Waals surface area contributed by atoms with Crippen molar-refractivity contribution in [2.24, 2.45) is 0 Å². The van der Waals surface area contributed by atoms with E-state index in [1.54, 1.807) is 11.1 Å². The van der Waals surface area contributed by atoms with Crippen LogP contribution in [0.4, 0.5) is 5.69 Å². The Morgan fingerprint density at radius 2 is 1.00 bits per heavy atom. The Balaban J connectivity index is 1.86. The van der Waals surface area contributed by atoms with Crippen molar-refractivity contribution in [1.82, 2.24) is 0 Å². The van der Waals surface area contributed by atoms with Crippen molar-refractivity contribution in [2.45, 2.75) is 75.0 Å². The second-order valence-electron chi connectivity index (χ2n) is 9.09. The third-order valence-corrected chi connectivity index (χ3v) is 7.59. The number of hydrogen-bond acceptors (Lipinski definition) is 1. The Hall–Kier alpha value is -1.76. The van der Waals surface area contributed by atoms with Crippen molar-refractivity contribution in [2.75, 3.05) is 19.0 Å². The highest BCUT2D eigenvalue weighted by atomic mass is 15.1. The third-order valence-electron chi connectivity index (χ3n) is 7.59. The van der Waals surface area contributed by atoms with Gasteiger partial charge in [0.15, 0.2) is 0 Å². The number of rotatable bonds is 4. The summed E-state index contributed by atoms with van der Waals surface area (Å²) in [6.45, 7) is 0. The smallest absolute Gasteiger partial charge is 0.0361 e. The zero-order valence-electron chi connectivity index (χ0n) is 17.2. The van der Waals surface area contributed by atoms with E-state index in [2.05, 4.69) is 73.6 Å². The van der Waals surface area contributed by atoms with E-state index in [-0.39, 0.29) is 0 Å². The molecule has 4 rings (SSSR count). The largest absolute Gasteiger partial charge is 0.378 e. The Labute approximate surface area is 165 Å². The monoisotopic (exact) mass is 361 g/mol. The van der Waals surface area contributed by atoms with Crippen LogP contribution >= 0.6 is 0 Å². The van der Waals surface area contributed by atoms with Crippen molar-refractivity contribution in [3.8, 4) is 0 Å². The van der Waals surface area contributed by atoms with E-state index in [4.69, 9.17) is 0 Å². The van der Waals surface area contributed by atoms with Gasteiger partial charge in [0.05, 0.1) is 0 Å². The molecule has 0 aliphatic heterocycles. The normalized spacial score (nSPS) is 21.6. The van der Waals surface area contributed by atoms with E-state index in [9.17, 15) is 0 Å². The highest BCUT2D eigenvalue weighted by molar-refractivity contribution is 5.49. The Morgan fingerprint density at radius 1 is 0.556 bits per heavy atom. The fraction of sp³-hybridized carbons (Fsp3) is 0.538. The second-order valence-corrected chi connectivity index (χ2v) is 9.09. The molecular weight excluding hydrogens is 326 g/mol. The molecule has 0 atom stereocenters. The Morgan fingerprint density at radius 3 is 1.44 bits per heavy atom. The molecule has 2 saturated carbocycles. The van der Waals surface area contributed by atoms with Crippen molar-refractivity contribution in [3.05, 3.63) is 65.7 Å². The van der Waals surface area contributed by atoms with E-state index >= 15 is 0 Å². The van der Waals surface area contributed by atoms with Gasteiger partial charge in [-0.3, -0.25) is 0 Å². The lowest BCUT2D eigenvalue weighted by Crippen LogP contribution is -2.51. The minimum atomic E-state index is 0.303. The average molecular weight is 362 g/mol. The van der Waals surface area contributed by atoms with Gasteiger partial charge in [-0.25, -0.2) is 0 Å². The summed E-state index contributed by atoms with van der Waals surface area (Å²) >= 11 is 0. The predicted octanol–water partition coefficient (Wildman–Crippen LogP) is 6.86. The quantitative estimate of drug-likeness (QED) is 0.575. The summed E-state index contributed by atoms with van der Waals surface area (Å²) in [5.74, 6) is 0. The molecule has 0 saturated heterocycles. The van der Waals surface area contributed by atoms with Gasteiger partial charge in [0.1, 0.15) is 0 Å². The molecule has 0 radical (unpaired) electrons. The molecule has 0 aromatic heterocycles. The zero-order valence-corrected chi connectivity index (χ0v) is 17.2. The summed E-state index contributed by atoms with van der Waals surface area (Å²) in [7, 11) is 4.27. The molecule has 144 valence electrons. The summed E-state index contributed by atoms with van der Waals surface area (Å²) in [5.41, 5.74) is 5.12. The maximum Gasteiger partial charge on any atom is 0.0361 e. The minimum Gasteiger partial charge on any atom is -0.378 e. The summed E-state index contributed by atoms with van der Waals surface area (Å²) in [6.07, 6.45) is 13.7. The second kappa shape index (κ2) is 7.70. The highest BCUT2D eigenvalue weighted by Crippen LogP contribution is 2.59. The van der Waals surface area contributed by atoms with Crippen LogP contribution < -0.4 is 4.90 Å². The first kappa shape index (κ1) is 18.6. The number of hydrogen-bond donors (Lipinski definition) is 0. The molecule has 0 bridgehead atoms. The number of benzene rings is 2. The summed E-state index contributed by atoms with van der Waals surface area (Å²) < 4.78 is 0. The van der Waals surface area contributed by atoms with Gasteiger partial charge in [0.25, 0.3) is 0 Å². The summed E-state index contributed by atoms with van der Waals surface area (Å²) in [6, 6.07) is 21.2. The van der Waals surface area contributed by atoms with Crippen LogP contribution in [-0.4, -0.2) is 14.1 Å². The molecule has 0 amide bonds. The fourth-order valence-electron chi connectivity index (χ4n) is 6.23. The minimum absolute atomic E-state index is 0.303. The topological polar surface area (TPSA) is 3.24 Å². The lowest BCUT2D eigenvalue weighted by Gasteiger charge is -2.56. The molecule has 0 unspecified atom stereocenters. The Kier molecular flexibility index (Phi) is 5.30. The standard InChI is InChI=1S/C26H35N/c1-27(2)24-16-14-23(15-17-24)26(20-10-5-11-21-26)25(18-8-4-9-19-25)22-12-6-3-7-13-22/h3,6-7,12-17H,4-5,8-11,18-21H2,1-2H3. The van der Waals surface area contributed by atoms with Crippen LogP contribution in [0.25, 0.3) is 0 Å². The SMILES string of the molecule is CN(C)c1ccc(C2(C3(c4ccccc4)CCCCC3)CCCCC2)cc1. The van der Waals surface area contributed by atoms with Crippen molar-refractivity contribution < 1.29 is 0 Å². The zero-order chi connectivity index (χ0) is 18.7. The van der Waals surface area contributed by atoms with E-state index in [1.807, 2.05) is 0 Å².